The standard InChI is InChI=1S/C112H70N4O3S/c1-64-41-56-99-88(60-64)81-32-17-29-78(108(81)117-99)79-30-18-33-82-89-63-71(48-58-100(89)118-109(79)82)114-95-53-46-69(61-87(95)77-52-55-98-105(107(77)114)91-35-13-14-59-112(91,2)116(98)96-39-16-23-67-21-4-6-25-73(67)96)65-42-44-68(45-43-65)74-49-50-84(111-103(74)86-28-9-12-40-102(86)120-111)80-31-19-34-83-90-62-70(47-57-101(90)119-110(80)83)113-93-36-10-7-26-75(93)76-51-54-97-104(106(76)113)85-27-8-11-37-94(85)115(97)92-38-15-22-66-20-3-5-24-72(66)92/h3-59,61-64,91H,60H2,1-2H3. The number of furan rings is 3. The third-order valence-electron chi connectivity index (χ3n) is 27.0. The molecule has 0 bridgehead atoms. The van der Waals surface area contributed by atoms with E-state index in [0.29, 0.717) is 5.92 Å². The first-order chi connectivity index (χ1) is 59.3. The number of nitrogens with zero attached hydrogens (tertiary/aromatic N) is 4. The molecule has 17 aromatic carbocycles. The lowest BCUT2D eigenvalue weighted by atomic mass is 9.80. The van der Waals surface area contributed by atoms with Gasteiger partial charge in [0.05, 0.1) is 44.3 Å². The van der Waals surface area contributed by atoms with Crippen LogP contribution < -0.4 is 4.90 Å². The van der Waals surface area contributed by atoms with E-state index in [1.54, 1.807) is 0 Å². The molecule has 2 aliphatic carbocycles. The molecule has 7 nitrogen and oxygen atoms in total. The molecule has 0 fully saturated rings. The monoisotopic (exact) mass is 1550 g/mol. The van der Waals surface area contributed by atoms with Gasteiger partial charge in [-0.05, 0) is 149 Å². The van der Waals surface area contributed by atoms with Gasteiger partial charge in [0.2, 0.25) is 0 Å². The molecule has 3 aliphatic rings. The molecular weight excluding hydrogens is 1480 g/mol. The maximum absolute atomic E-state index is 7.19. The minimum Gasteiger partial charge on any atom is -0.456 e. The third kappa shape index (κ3) is 9.12. The topological polar surface area (TPSA) is 57.5 Å². The number of para-hydroxylation sites is 5. The van der Waals surface area contributed by atoms with Gasteiger partial charge in [-0.3, -0.25) is 0 Å². The molecule has 8 heterocycles. The highest BCUT2D eigenvalue weighted by molar-refractivity contribution is 7.26. The Balaban J connectivity index is 0.588. The highest BCUT2D eigenvalue weighted by Gasteiger charge is 2.49. The molecular formula is C112H70N4O3S. The van der Waals surface area contributed by atoms with Gasteiger partial charge in [-0.15, -0.1) is 11.3 Å². The Morgan fingerprint density at radius 2 is 0.900 bits per heavy atom. The molecule has 3 atom stereocenters. The molecule has 7 aromatic heterocycles. The number of hydrogen-bond acceptors (Lipinski definition) is 5. The number of aromatic nitrogens is 3. The smallest absolute Gasteiger partial charge is 0.143 e. The second-order valence-electron chi connectivity index (χ2n) is 33.4. The van der Waals surface area contributed by atoms with Crippen molar-refractivity contribution < 1.29 is 13.3 Å². The van der Waals surface area contributed by atoms with Crippen LogP contribution in [0.2, 0.25) is 0 Å². The molecule has 3 unspecified atom stereocenters. The van der Waals surface area contributed by atoms with Crippen molar-refractivity contribution in [3.8, 4) is 61.6 Å². The summed E-state index contributed by atoms with van der Waals surface area (Å²) in [7, 11) is 0. The molecule has 120 heavy (non-hydrogen) atoms. The van der Waals surface area contributed by atoms with Crippen LogP contribution in [-0.4, -0.2) is 19.2 Å². The van der Waals surface area contributed by atoms with E-state index in [9.17, 15) is 0 Å². The van der Waals surface area contributed by atoms with Crippen molar-refractivity contribution in [1.82, 2.24) is 13.7 Å². The zero-order chi connectivity index (χ0) is 78.5. The van der Waals surface area contributed by atoms with E-state index in [2.05, 4.69) is 396 Å². The van der Waals surface area contributed by atoms with Crippen molar-refractivity contribution in [2.75, 3.05) is 4.90 Å². The van der Waals surface area contributed by atoms with E-state index in [0.717, 1.165) is 123 Å². The van der Waals surface area contributed by atoms with Crippen LogP contribution in [0.4, 0.5) is 11.4 Å². The Bertz CT molecular complexity index is 8770. The third-order valence-corrected chi connectivity index (χ3v) is 28.2. The highest BCUT2D eigenvalue weighted by Crippen LogP contribution is 2.59. The second kappa shape index (κ2) is 24.6. The minimum atomic E-state index is -0.414. The largest absolute Gasteiger partial charge is 0.456 e. The summed E-state index contributed by atoms with van der Waals surface area (Å²) >= 11 is 1.86. The lowest BCUT2D eigenvalue weighted by Gasteiger charge is -2.39. The summed E-state index contributed by atoms with van der Waals surface area (Å²) in [5.74, 6) is 1.43. The van der Waals surface area contributed by atoms with Gasteiger partial charge in [-0.25, -0.2) is 0 Å². The van der Waals surface area contributed by atoms with E-state index in [1.165, 1.54) is 135 Å². The van der Waals surface area contributed by atoms with E-state index in [-0.39, 0.29) is 5.92 Å². The molecule has 0 spiro atoms. The Kier molecular flexibility index (Phi) is 13.6. The molecule has 0 N–H and O–H groups in total. The summed E-state index contributed by atoms with van der Waals surface area (Å²) < 4.78 is 31.0. The second-order valence-corrected chi connectivity index (χ2v) is 34.5. The average molecular weight is 1550 g/mol. The molecule has 27 rings (SSSR count). The fourth-order valence-electron chi connectivity index (χ4n) is 21.7. The number of hydrogen-bond donors (Lipinski definition) is 0. The van der Waals surface area contributed by atoms with E-state index in [4.69, 9.17) is 13.3 Å². The Morgan fingerprint density at radius 1 is 0.350 bits per heavy atom. The molecule has 1 aliphatic heterocycles. The van der Waals surface area contributed by atoms with Gasteiger partial charge >= 0.3 is 0 Å². The quantitative estimate of drug-likeness (QED) is 0.152. The van der Waals surface area contributed by atoms with E-state index in [1.807, 2.05) is 11.3 Å². The molecule has 0 saturated heterocycles. The number of anilines is 2. The maximum atomic E-state index is 7.19. The van der Waals surface area contributed by atoms with Crippen molar-refractivity contribution in [2.24, 2.45) is 5.92 Å². The predicted molar refractivity (Wildman–Crippen MR) is 503 cm³/mol. The lowest BCUT2D eigenvalue weighted by Crippen LogP contribution is -2.42. The molecule has 0 radical (unpaired) electrons. The SMILES string of the molecule is CC1C=Cc2oc3c(-c4cccc5c4oc4ccc(-n6c7ccc(-c8ccc(-c9ccc(-c%10cccc%11c%10oc%10ccc(-n%12c%13ccccc%13c%13ccc%14c(c%15ccccc%15n%14-c%14cccc%15ccccc%14%15)c%13%12)cc%10%11)c%10sc%11ccccc%11c9%10)cc8)cc7c7ccc8c(c76)C6C=CC=CC6(C)N8c6cccc7ccccc67)cc45)cccc3c2C1. The van der Waals surface area contributed by atoms with Crippen molar-refractivity contribution in [3.63, 3.8) is 0 Å². The van der Waals surface area contributed by atoms with Crippen LogP contribution in [-0.2, 0) is 6.42 Å². The number of fused-ring (bicyclic) bond motifs is 28. The van der Waals surface area contributed by atoms with E-state index >= 15 is 0 Å². The fourth-order valence-corrected chi connectivity index (χ4v) is 22.9. The molecule has 8 heteroatoms. The van der Waals surface area contributed by atoms with Gasteiger partial charge < -0.3 is 31.9 Å². The maximum Gasteiger partial charge on any atom is 0.143 e. The summed E-state index contributed by atoms with van der Waals surface area (Å²) in [6, 6.07) is 122. The lowest BCUT2D eigenvalue weighted by molar-refractivity contribution is 0.544. The summed E-state index contributed by atoms with van der Waals surface area (Å²) in [6.45, 7) is 4.70. The highest BCUT2D eigenvalue weighted by atomic mass is 32.1. The normalized spacial score (nSPS) is 16.0. The summed E-state index contributed by atoms with van der Waals surface area (Å²) in [5, 5.41) is 20.1. The molecule has 0 saturated carbocycles. The van der Waals surface area contributed by atoms with Crippen LogP contribution in [0.5, 0.6) is 0 Å². The van der Waals surface area contributed by atoms with Crippen LogP contribution in [0.3, 0.4) is 0 Å². The molecule has 0 amide bonds. The zero-order valence-corrected chi connectivity index (χ0v) is 66.2. The van der Waals surface area contributed by atoms with Crippen LogP contribution in [0, 0.1) is 5.92 Å². The van der Waals surface area contributed by atoms with Gasteiger partial charge in [-0.2, -0.15) is 0 Å². The fraction of sp³-hybridized carbons (Fsp3) is 0.0536. The summed E-state index contributed by atoms with van der Waals surface area (Å²) in [6.07, 6.45) is 14.7. The van der Waals surface area contributed by atoms with Crippen LogP contribution in [0.25, 0.3) is 230 Å². The Hall–Kier alpha value is -15.0. The Morgan fingerprint density at radius 3 is 1.64 bits per heavy atom. The summed E-state index contributed by atoms with van der Waals surface area (Å²) in [5.41, 5.74) is 28.2. The van der Waals surface area contributed by atoms with Crippen molar-refractivity contribution >= 4 is 191 Å². The number of allylic oxidation sites excluding steroid dienone is 3. The van der Waals surface area contributed by atoms with Gasteiger partial charge in [0, 0.05) is 152 Å². The van der Waals surface area contributed by atoms with Gasteiger partial charge in [0.1, 0.15) is 33.7 Å². The van der Waals surface area contributed by atoms with Gasteiger partial charge in [-0.1, -0.05) is 274 Å². The van der Waals surface area contributed by atoms with Gasteiger partial charge in [0.25, 0.3) is 0 Å². The first-order valence-electron chi connectivity index (χ1n) is 41.7. The summed E-state index contributed by atoms with van der Waals surface area (Å²) in [4.78, 5) is 2.62. The predicted octanol–water partition coefficient (Wildman–Crippen LogP) is 31.2. The minimum absolute atomic E-state index is 0.0233. The van der Waals surface area contributed by atoms with Crippen LogP contribution >= 0.6 is 11.3 Å². The van der Waals surface area contributed by atoms with Crippen molar-refractivity contribution in [3.05, 3.63) is 375 Å². The van der Waals surface area contributed by atoms with Crippen LogP contribution in [0.1, 0.15) is 36.7 Å². The number of thiophene rings is 1. The van der Waals surface area contributed by atoms with Gasteiger partial charge in [0.15, 0.2) is 0 Å². The van der Waals surface area contributed by atoms with Crippen LogP contribution in [0.15, 0.2) is 371 Å². The number of rotatable bonds is 8. The zero-order valence-electron chi connectivity index (χ0n) is 65.4. The Labute approximate surface area is 691 Å². The van der Waals surface area contributed by atoms with Crippen molar-refractivity contribution in [2.45, 2.75) is 31.7 Å². The van der Waals surface area contributed by atoms with Crippen molar-refractivity contribution in [1.29, 1.82) is 0 Å². The average Bonchev–Trinajstić information content (AvgIpc) is 1.40. The first kappa shape index (κ1) is 66.2. The molecule has 24 aromatic rings. The van der Waals surface area contributed by atoms with E-state index < -0.39 is 5.54 Å². The number of benzene rings is 17. The first-order valence-corrected chi connectivity index (χ1v) is 42.5. The molecule has 562 valence electrons.